The highest BCUT2D eigenvalue weighted by atomic mass is 32.2. The molecule has 0 aromatic heterocycles. The Morgan fingerprint density at radius 2 is 1.62 bits per heavy atom. The van der Waals surface area contributed by atoms with Crippen molar-refractivity contribution in [1.29, 1.82) is 0 Å². The minimum Gasteiger partial charge on any atom is -0.466 e. The number of rotatable bonds is 8. The maximum absolute atomic E-state index is 15.2. The van der Waals surface area contributed by atoms with Gasteiger partial charge in [0, 0.05) is 17.2 Å². The van der Waals surface area contributed by atoms with E-state index in [-0.39, 0.29) is 34.4 Å². The Balaban J connectivity index is 2.73. The van der Waals surface area contributed by atoms with Crippen molar-refractivity contribution in [1.82, 2.24) is 5.32 Å². The van der Waals surface area contributed by atoms with Crippen molar-refractivity contribution >= 4 is 22.2 Å². The van der Waals surface area contributed by atoms with Crippen LogP contribution in [0.2, 0.25) is 0 Å². The van der Waals surface area contributed by atoms with Crippen LogP contribution in [0.5, 0.6) is 5.75 Å². The lowest BCUT2D eigenvalue weighted by Crippen LogP contribution is -2.36. The molecule has 0 bridgehead atoms. The Hall–Kier alpha value is -3.42. The first-order chi connectivity index (χ1) is 17.8. The Kier molecular flexibility index (Phi) is 9.59. The number of halogens is 5. The lowest BCUT2D eigenvalue weighted by atomic mass is 9.91. The zero-order valence-corrected chi connectivity index (χ0v) is 22.8. The molecule has 1 N–H and O–H groups in total. The third-order valence-electron chi connectivity index (χ3n) is 5.10. The third-order valence-corrected chi connectivity index (χ3v) is 6.07. The van der Waals surface area contributed by atoms with Crippen molar-refractivity contribution in [2.45, 2.75) is 65.1 Å². The molecule has 2 aromatic carbocycles. The van der Waals surface area contributed by atoms with Gasteiger partial charge in [-0.3, -0.25) is 4.79 Å². The van der Waals surface area contributed by atoms with Crippen LogP contribution < -0.4 is 9.50 Å². The molecule has 0 radical (unpaired) electrons. The lowest BCUT2D eigenvalue weighted by molar-refractivity contribution is -0.143. The normalized spacial score (nSPS) is 13.0. The van der Waals surface area contributed by atoms with Gasteiger partial charge in [0.15, 0.2) is 5.75 Å². The van der Waals surface area contributed by atoms with Gasteiger partial charge in [-0.25, -0.2) is 13.6 Å². The molecule has 2 rings (SSSR count). The SMILES string of the molecule is CCOC(=O)C[C@H](NC(=O)OC(C)(C)C)c1cc(-c2c(C)cc(F)cc2OS(=O)(=O)C(F)(F)F)c(C)cc1F. The maximum atomic E-state index is 15.2. The molecule has 0 spiro atoms. The van der Waals surface area contributed by atoms with Crippen LogP contribution in [0.3, 0.4) is 0 Å². The summed E-state index contributed by atoms with van der Waals surface area (Å²) in [5.74, 6) is -3.80. The summed E-state index contributed by atoms with van der Waals surface area (Å²) in [6.07, 6.45) is -1.56. The van der Waals surface area contributed by atoms with E-state index in [4.69, 9.17) is 9.47 Å². The number of carbonyl (C=O) groups is 2. The van der Waals surface area contributed by atoms with E-state index in [1.165, 1.54) is 20.8 Å². The molecule has 2 aromatic rings. The molecular weight excluding hydrogens is 553 g/mol. The molecule has 216 valence electrons. The summed E-state index contributed by atoms with van der Waals surface area (Å²) in [4.78, 5) is 24.7. The largest absolute Gasteiger partial charge is 0.534 e. The maximum Gasteiger partial charge on any atom is 0.534 e. The first-order valence-electron chi connectivity index (χ1n) is 11.5. The average Bonchev–Trinajstić information content (AvgIpc) is 2.71. The van der Waals surface area contributed by atoms with Gasteiger partial charge < -0.3 is 19.0 Å². The summed E-state index contributed by atoms with van der Waals surface area (Å²) in [5, 5.41) is 2.38. The zero-order valence-electron chi connectivity index (χ0n) is 22.0. The number of ether oxygens (including phenoxy) is 2. The molecule has 0 heterocycles. The second-order valence-corrected chi connectivity index (χ2v) is 11.0. The quantitative estimate of drug-likeness (QED) is 0.176. The van der Waals surface area contributed by atoms with E-state index in [0.717, 1.165) is 18.2 Å². The van der Waals surface area contributed by atoms with Crippen molar-refractivity contribution in [3.05, 3.63) is 52.6 Å². The van der Waals surface area contributed by atoms with E-state index in [1.807, 2.05) is 0 Å². The van der Waals surface area contributed by atoms with E-state index in [0.29, 0.717) is 6.07 Å². The van der Waals surface area contributed by atoms with Gasteiger partial charge in [-0.2, -0.15) is 21.6 Å². The van der Waals surface area contributed by atoms with Gasteiger partial charge in [-0.15, -0.1) is 0 Å². The van der Waals surface area contributed by atoms with E-state index in [2.05, 4.69) is 9.50 Å². The van der Waals surface area contributed by atoms with Crippen LogP contribution in [0.1, 0.15) is 56.8 Å². The van der Waals surface area contributed by atoms with Gasteiger partial charge in [-0.1, -0.05) is 0 Å². The molecule has 1 amide bonds. The van der Waals surface area contributed by atoms with Crippen LogP contribution in [0.4, 0.5) is 26.7 Å². The van der Waals surface area contributed by atoms with Crippen molar-refractivity contribution in [3.8, 4) is 16.9 Å². The number of aryl methyl sites for hydroxylation is 2. The molecule has 0 aliphatic heterocycles. The summed E-state index contributed by atoms with van der Waals surface area (Å²) >= 11 is 0. The van der Waals surface area contributed by atoms with E-state index in [1.54, 1.807) is 20.8 Å². The molecule has 0 unspecified atom stereocenters. The van der Waals surface area contributed by atoms with Gasteiger partial charge in [0.05, 0.1) is 19.1 Å². The number of esters is 1. The number of hydrogen-bond acceptors (Lipinski definition) is 7. The number of carbonyl (C=O) groups excluding carboxylic acids is 2. The molecule has 39 heavy (non-hydrogen) atoms. The van der Waals surface area contributed by atoms with Gasteiger partial charge in [0.2, 0.25) is 0 Å². The highest BCUT2D eigenvalue weighted by Crippen LogP contribution is 2.40. The average molecular weight is 582 g/mol. The Morgan fingerprint density at radius 1 is 1.00 bits per heavy atom. The second-order valence-electron chi connectivity index (χ2n) is 9.48. The van der Waals surface area contributed by atoms with E-state index < -0.39 is 63.1 Å². The van der Waals surface area contributed by atoms with Gasteiger partial charge in [0.1, 0.15) is 17.2 Å². The summed E-state index contributed by atoms with van der Waals surface area (Å²) in [6, 6.07) is 2.05. The Labute approximate surface area is 222 Å². The summed E-state index contributed by atoms with van der Waals surface area (Å²) in [5.41, 5.74) is -7.32. The van der Waals surface area contributed by atoms with E-state index in [9.17, 15) is 35.6 Å². The molecule has 0 saturated heterocycles. The smallest absolute Gasteiger partial charge is 0.466 e. The molecule has 1 atom stereocenters. The highest BCUT2D eigenvalue weighted by molar-refractivity contribution is 7.88. The van der Waals surface area contributed by atoms with Crippen molar-refractivity contribution in [3.63, 3.8) is 0 Å². The van der Waals surface area contributed by atoms with Crippen molar-refractivity contribution in [2.75, 3.05) is 6.61 Å². The fraction of sp³-hybridized carbons (Fsp3) is 0.440. The standard InChI is InChI=1S/C25H28F5NO7S/c1-7-36-21(32)12-19(31-23(33)37-24(4,5)6)17-11-16(13(2)9-18(17)27)22-14(3)8-15(26)10-20(22)38-39(34,35)25(28,29)30/h8-11,19H,7,12H2,1-6H3,(H,31,33)/t19-/m0/s1. The Morgan fingerprint density at radius 3 is 2.15 bits per heavy atom. The summed E-state index contributed by atoms with van der Waals surface area (Å²) in [7, 11) is -6.19. The molecule has 0 aliphatic carbocycles. The van der Waals surface area contributed by atoms with Crippen LogP contribution in [-0.4, -0.2) is 38.2 Å². The van der Waals surface area contributed by atoms with Crippen LogP contribution in [0.25, 0.3) is 11.1 Å². The number of benzene rings is 2. The highest BCUT2D eigenvalue weighted by Gasteiger charge is 2.49. The Bertz CT molecular complexity index is 1350. The predicted molar refractivity (Wildman–Crippen MR) is 130 cm³/mol. The van der Waals surface area contributed by atoms with E-state index >= 15 is 4.39 Å². The van der Waals surface area contributed by atoms with Gasteiger partial charge in [-0.05, 0) is 76.4 Å². The fourth-order valence-electron chi connectivity index (χ4n) is 3.59. The molecule has 0 saturated carbocycles. The molecule has 8 nitrogen and oxygen atoms in total. The molecular formula is C25H28F5NO7S. The predicted octanol–water partition coefficient (Wildman–Crippen LogP) is 6.00. The van der Waals surface area contributed by atoms with Crippen LogP contribution in [-0.2, 0) is 24.4 Å². The summed E-state index contributed by atoms with van der Waals surface area (Å²) in [6.45, 7) is 8.90. The molecule has 0 aliphatic rings. The first kappa shape index (κ1) is 31.8. The van der Waals surface area contributed by atoms with Crippen LogP contribution in [0, 0.1) is 25.5 Å². The van der Waals surface area contributed by atoms with Crippen molar-refractivity contribution < 1.29 is 53.6 Å². The lowest BCUT2D eigenvalue weighted by Gasteiger charge is -2.25. The number of nitrogens with one attached hydrogen (secondary N) is 1. The third kappa shape index (κ3) is 8.28. The summed E-state index contributed by atoms with van der Waals surface area (Å²) < 4.78 is 106. The van der Waals surface area contributed by atoms with Gasteiger partial charge in [0.25, 0.3) is 0 Å². The minimum absolute atomic E-state index is 0.0111. The minimum atomic E-state index is -6.19. The monoisotopic (exact) mass is 581 g/mol. The van der Waals surface area contributed by atoms with Crippen LogP contribution >= 0.6 is 0 Å². The number of alkyl carbamates (subject to hydrolysis) is 1. The van der Waals surface area contributed by atoms with Gasteiger partial charge >= 0.3 is 27.7 Å². The topological polar surface area (TPSA) is 108 Å². The van der Waals surface area contributed by atoms with Crippen molar-refractivity contribution in [2.24, 2.45) is 0 Å². The number of hydrogen-bond donors (Lipinski definition) is 1. The second kappa shape index (κ2) is 11.8. The first-order valence-corrected chi connectivity index (χ1v) is 12.9. The fourth-order valence-corrected chi connectivity index (χ4v) is 4.05. The van der Waals surface area contributed by atoms with Crippen LogP contribution in [0.15, 0.2) is 24.3 Å². The molecule has 14 heteroatoms. The number of amides is 1. The number of alkyl halides is 3. The molecule has 0 fully saturated rings. The zero-order chi connectivity index (χ0) is 29.9.